The molecule has 1 atom stereocenters. The van der Waals surface area contributed by atoms with Gasteiger partial charge in [-0.1, -0.05) is 30.1 Å². The first-order chi connectivity index (χ1) is 10.4. The van der Waals surface area contributed by atoms with E-state index in [0.29, 0.717) is 20.7 Å². The molecule has 22 heavy (non-hydrogen) atoms. The standard InChI is InChI=1S/C16H15Cl2O3P/c1-2-15(16(19)20)22(21,13-7-3-11(17)4-8-13)14-9-5-12(18)6-10-14/h3-10,15H,2H2,1H3,(H,19,20)/t15-/m0/s1. The molecule has 1 N–H and O–H groups in total. The summed E-state index contributed by atoms with van der Waals surface area (Å²) >= 11 is 11.8. The van der Waals surface area contributed by atoms with E-state index in [-0.39, 0.29) is 6.42 Å². The predicted octanol–water partition coefficient (Wildman–Crippen LogP) is 4.17. The van der Waals surface area contributed by atoms with E-state index in [1.54, 1.807) is 55.5 Å². The van der Waals surface area contributed by atoms with Crippen LogP contribution >= 0.6 is 30.3 Å². The molecule has 0 aliphatic carbocycles. The first-order valence-corrected chi connectivity index (χ1v) is 9.27. The van der Waals surface area contributed by atoms with E-state index in [1.807, 2.05) is 0 Å². The lowest BCUT2D eigenvalue weighted by Gasteiger charge is -2.25. The molecule has 2 aromatic rings. The Morgan fingerprint density at radius 1 is 1.00 bits per heavy atom. The van der Waals surface area contributed by atoms with Crippen LogP contribution in [0.1, 0.15) is 13.3 Å². The molecule has 0 aromatic heterocycles. The monoisotopic (exact) mass is 356 g/mol. The molecule has 0 aliphatic heterocycles. The number of halogens is 2. The van der Waals surface area contributed by atoms with Crippen LogP contribution in [0.5, 0.6) is 0 Å². The van der Waals surface area contributed by atoms with Crippen molar-refractivity contribution in [3.05, 3.63) is 58.6 Å². The van der Waals surface area contributed by atoms with E-state index in [4.69, 9.17) is 23.2 Å². The first-order valence-electron chi connectivity index (χ1n) is 6.74. The van der Waals surface area contributed by atoms with Gasteiger partial charge in [0.25, 0.3) is 0 Å². The Morgan fingerprint density at radius 2 is 1.36 bits per heavy atom. The maximum atomic E-state index is 13.7. The molecule has 0 fully saturated rings. The summed E-state index contributed by atoms with van der Waals surface area (Å²) < 4.78 is 13.7. The highest BCUT2D eigenvalue weighted by molar-refractivity contribution is 7.80. The van der Waals surface area contributed by atoms with E-state index >= 15 is 0 Å². The number of benzene rings is 2. The van der Waals surface area contributed by atoms with Gasteiger partial charge in [-0.3, -0.25) is 4.79 Å². The van der Waals surface area contributed by atoms with Gasteiger partial charge in [-0.15, -0.1) is 0 Å². The minimum Gasteiger partial charge on any atom is -0.481 e. The number of aliphatic carboxylic acids is 1. The number of hydrogen-bond acceptors (Lipinski definition) is 2. The van der Waals surface area contributed by atoms with Crippen molar-refractivity contribution in [2.45, 2.75) is 19.0 Å². The van der Waals surface area contributed by atoms with Gasteiger partial charge in [0, 0.05) is 20.7 Å². The Labute approximate surface area is 139 Å². The quantitative estimate of drug-likeness (QED) is 0.818. The fraction of sp³-hybridized carbons (Fsp3) is 0.188. The normalized spacial score (nSPS) is 12.9. The van der Waals surface area contributed by atoms with Crippen LogP contribution in [0.2, 0.25) is 10.0 Å². The maximum Gasteiger partial charge on any atom is 0.314 e. The third-order valence-electron chi connectivity index (χ3n) is 3.53. The molecule has 0 saturated heterocycles. The van der Waals surface area contributed by atoms with E-state index in [9.17, 15) is 14.5 Å². The Hall–Kier alpha value is -1.28. The third kappa shape index (κ3) is 3.22. The van der Waals surface area contributed by atoms with Crippen molar-refractivity contribution >= 4 is 46.9 Å². The molecule has 0 saturated carbocycles. The lowest BCUT2D eigenvalue weighted by Crippen LogP contribution is -2.31. The van der Waals surface area contributed by atoms with Crippen LogP contribution in [0.3, 0.4) is 0 Å². The van der Waals surface area contributed by atoms with Gasteiger partial charge in [-0.25, -0.2) is 0 Å². The van der Waals surface area contributed by atoms with E-state index in [1.165, 1.54) is 0 Å². The summed E-state index contributed by atoms with van der Waals surface area (Å²) in [5.41, 5.74) is -0.991. The SMILES string of the molecule is CC[C@@H](C(=O)O)P(=O)(c1ccc(Cl)cc1)c1ccc(Cl)cc1. The summed E-state index contributed by atoms with van der Waals surface area (Å²) in [7, 11) is -3.35. The molecule has 2 rings (SSSR count). The number of carboxylic acids is 1. The minimum atomic E-state index is -3.35. The van der Waals surface area contributed by atoms with Crippen molar-refractivity contribution in [2.75, 3.05) is 0 Å². The molecular weight excluding hydrogens is 342 g/mol. The average Bonchev–Trinajstić information content (AvgIpc) is 2.48. The van der Waals surface area contributed by atoms with Gasteiger partial charge >= 0.3 is 5.97 Å². The average molecular weight is 357 g/mol. The Bertz CT molecular complexity index is 662. The second-order valence-electron chi connectivity index (χ2n) is 4.87. The number of carbonyl (C=O) groups is 1. The van der Waals surface area contributed by atoms with Crippen LogP contribution < -0.4 is 10.6 Å². The molecule has 3 nitrogen and oxygen atoms in total. The third-order valence-corrected chi connectivity index (χ3v) is 7.63. The second kappa shape index (κ2) is 6.87. The van der Waals surface area contributed by atoms with Gasteiger partial charge in [0.1, 0.15) is 5.66 Å². The fourth-order valence-corrected chi connectivity index (χ4v) is 5.70. The lowest BCUT2D eigenvalue weighted by atomic mass is 10.3. The lowest BCUT2D eigenvalue weighted by molar-refractivity contribution is -0.136. The van der Waals surface area contributed by atoms with Crippen LogP contribution in [-0.4, -0.2) is 16.7 Å². The molecule has 0 unspecified atom stereocenters. The molecule has 2 aromatic carbocycles. The first kappa shape index (κ1) is 17.1. The molecule has 6 heteroatoms. The van der Waals surface area contributed by atoms with Gasteiger partial charge < -0.3 is 9.67 Å². The zero-order valence-corrected chi connectivity index (χ0v) is 14.3. The number of rotatable bonds is 5. The summed E-state index contributed by atoms with van der Waals surface area (Å²) in [5, 5.41) is 11.5. The highest BCUT2D eigenvalue weighted by Gasteiger charge is 2.40. The van der Waals surface area contributed by atoms with Crippen LogP contribution in [-0.2, 0) is 9.36 Å². The number of hydrogen-bond donors (Lipinski definition) is 1. The van der Waals surface area contributed by atoms with Crippen molar-refractivity contribution in [3.8, 4) is 0 Å². The largest absolute Gasteiger partial charge is 0.481 e. The Kier molecular flexibility index (Phi) is 5.33. The highest BCUT2D eigenvalue weighted by atomic mass is 35.5. The van der Waals surface area contributed by atoms with E-state index in [2.05, 4.69) is 0 Å². The molecule has 0 radical (unpaired) electrons. The molecule has 0 aliphatic rings. The predicted molar refractivity (Wildman–Crippen MR) is 91.5 cm³/mol. The summed E-state index contributed by atoms with van der Waals surface area (Å²) in [5.74, 6) is -1.07. The van der Waals surface area contributed by atoms with Crippen molar-refractivity contribution in [2.24, 2.45) is 0 Å². The van der Waals surface area contributed by atoms with Crippen LogP contribution in [0, 0.1) is 0 Å². The highest BCUT2D eigenvalue weighted by Crippen LogP contribution is 2.50. The van der Waals surface area contributed by atoms with Crippen molar-refractivity contribution < 1.29 is 14.5 Å². The second-order valence-corrected chi connectivity index (χ2v) is 8.72. The van der Waals surface area contributed by atoms with E-state index < -0.39 is 18.8 Å². The van der Waals surface area contributed by atoms with Crippen LogP contribution in [0.25, 0.3) is 0 Å². The van der Waals surface area contributed by atoms with Gasteiger partial charge in [0.05, 0.1) is 0 Å². The van der Waals surface area contributed by atoms with Gasteiger partial charge in [-0.05, 0) is 55.0 Å². The van der Waals surface area contributed by atoms with Crippen LogP contribution in [0.15, 0.2) is 48.5 Å². The summed E-state index contributed by atoms with van der Waals surface area (Å²) in [6.07, 6.45) is 0.262. The Balaban J connectivity index is 2.68. The molecule has 0 spiro atoms. The smallest absolute Gasteiger partial charge is 0.314 e. The van der Waals surface area contributed by atoms with Gasteiger partial charge in [0.15, 0.2) is 7.14 Å². The topological polar surface area (TPSA) is 54.4 Å². The molecule has 0 bridgehead atoms. The zero-order valence-electron chi connectivity index (χ0n) is 11.9. The summed E-state index contributed by atoms with van der Waals surface area (Å²) in [6, 6.07) is 13.0. The molecule has 116 valence electrons. The van der Waals surface area contributed by atoms with Crippen LogP contribution in [0.4, 0.5) is 0 Å². The molecular formula is C16H15Cl2O3P. The fourth-order valence-electron chi connectivity index (χ4n) is 2.42. The van der Waals surface area contributed by atoms with Gasteiger partial charge in [-0.2, -0.15) is 0 Å². The Morgan fingerprint density at radius 3 is 1.64 bits per heavy atom. The summed E-state index contributed by atoms with van der Waals surface area (Å²) in [6.45, 7) is 1.72. The zero-order chi connectivity index (χ0) is 16.3. The van der Waals surface area contributed by atoms with Gasteiger partial charge in [0.2, 0.25) is 0 Å². The minimum absolute atomic E-state index is 0.262. The summed E-state index contributed by atoms with van der Waals surface area (Å²) in [4.78, 5) is 11.6. The molecule has 0 amide bonds. The van der Waals surface area contributed by atoms with E-state index in [0.717, 1.165) is 0 Å². The van der Waals surface area contributed by atoms with Crippen molar-refractivity contribution in [3.63, 3.8) is 0 Å². The number of carboxylic acid groups (broad SMARTS) is 1. The maximum absolute atomic E-state index is 13.7. The molecule has 0 heterocycles. The van der Waals surface area contributed by atoms with Crippen molar-refractivity contribution in [1.29, 1.82) is 0 Å². The van der Waals surface area contributed by atoms with Crippen molar-refractivity contribution in [1.82, 2.24) is 0 Å².